The largest absolute Gasteiger partial charge is 0.461 e. The molecule has 0 radical (unpaired) electrons. The molecule has 8 nitrogen and oxygen atoms in total. The monoisotopic (exact) mass is 700 g/mol. The van der Waals surface area contributed by atoms with Crippen molar-refractivity contribution in [3.05, 3.63) is 53.2 Å². The van der Waals surface area contributed by atoms with Gasteiger partial charge in [-0.25, -0.2) is 13.8 Å². The average molecular weight is 701 g/mol. The number of nitrogens with one attached hydrogen (secondary N) is 1. The number of ether oxygens (including phenoxy) is 2. The Kier molecular flexibility index (Phi) is 9.97. The maximum atomic E-state index is 17.0. The van der Waals surface area contributed by atoms with E-state index in [1.807, 2.05) is 52.8 Å². The molecule has 1 unspecified atom stereocenters. The lowest BCUT2D eigenvalue weighted by Crippen LogP contribution is -2.58. The maximum Gasteiger partial charge on any atom is 0.319 e. The van der Waals surface area contributed by atoms with Crippen molar-refractivity contribution < 1.29 is 18.3 Å². The van der Waals surface area contributed by atoms with Crippen LogP contribution in [0.2, 0.25) is 0 Å². The minimum Gasteiger partial charge on any atom is -0.461 e. The summed E-state index contributed by atoms with van der Waals surface area (Å²) in [6, 6.07) is 10.1. The smallest absolute Gasteiger partial charge is 0.319 e. The molecule has 2 aromatic carbocycles. The van der Waals surface area contributed by atoms with Gasteiger partial charge in [0.15, 0.2) is 5.82 Å². The molecule has 274 valence electrons. The summed E-state index contributed by atoms with van der Waals surface area (Å²) in [5.41, 5.74) is 2.42. The second-order valence-electron chi connectivity index (χ2n) is 15.7. The van der Waals surface area contributed by atoms with Crippen LogP contribution in [0.5, 0.6) is 6.01 Å². The third-order valence-corrected chi connectivity index (χ3v) is 11.7. The molecule has 4 fully saturated rings. The standard InChI is InChI=1S/C34H36F2N6O.C5H12O.C2H6/c1-19-23(35)9-7-20-5-2-6-22(27(19)20)30-29(36)31-28-25(38-30)11-12-26-24-10-8-21(37-24)17-42(26)32(28)40-33(39-31)43-18-34-13-3-15-41(34)16-4-14-34;1-5(2,3)6-4;1-2/h2,5-7,9,21,24,26,37H,3-4,8,10-18H2,1H3;1-4H3;1-2H3/t21-,24-,26?;;/m0../s1. The summed E-state index contributed by atoms with van der Waals surface area (Å²) in [4.78, 5) is 19.8. The highest BCUT2D eigenvalue weighted by molar-refractivity contribution is 6.01. The fourth-order valence-electron chi connectivity index (χ4n) is 9.00. The fraction of sp³-hybridized carbons (Fsp3) is 0.585. The Morgan fingerprint density at radius 1 is 0.961 bits per heavy atom. The number of pyridine rings is 1. The van der Waals surface area contributed by atoms with Gasteiger partial charge >= 0.3 is 6.01 Å². The van der Waals surface area contributed by atoms with Crippen molar-refractivity contribution in [3.63, 3.8) is 0 Å². The molecule has 51 heavy (non-hydrogen) atoms. The van der Waals surface area contributed by atoms with Crippen molar-refractivity contribution in [2.75, 3.05) is 38.3 Å². The first-order chi connectivity index (χ1) is 24.5. The third kappa shape index (κ3) is 6.57. The molecule has 4 saturated heterocycles. The zero-order valence-corrected chi connectivity index (χ0v) is 31.4. The summed E-state index contributed by atoms with van der Waals surface area (Å²) in [5.74, 6) is -0.0612. The van der Waals surface area contributed by atoms with Gasteiger partial charge < -0.3 is 19.7 Å². The molecule has 1 N–H and O–H groups in total. The SMILES string of the molecule is CC.COC(C)(C)C.Cc1c(F)ccc2cccc(-c3nc4c5c(nc(OCC67CCCN6CCC7)nc5c3F)N3C[C@@H]5CC[C@H](N5)C3CC4)c12. The zero-order chi connectivity index (χ0) is 36.1. The lowest BCUT2D eigenvalue weighted by Gasteiger charge is -2.41. The molecule has 9 rings (SSSR count). The van der Waals surface area contributed by atoms with E-state index in [0.717, 1.165) is 68.6 Å². The zero-order valence-electron chi connectivity index (χ0n) is 31.4. The molecular weight excluding hydrogens is 646 g/mol. The molecule has 2 bridgehead atoms. The molecule has 10 heteroatoms. The average Bonchev–Trinajstić information content (AvgIpc) is 3.81. The first-order valence-corrected chi connectivity index (χ1v) is 19.1. The molecule has 4 aromatic rings. The Labute approximate surface area is 301 Å². The number of anilines is 1. The first-order valence-electron chi connectivity index (χ1n) is 19.1. The molecular formula is C41H54F2N6O2. The van der Waals surface area contributed by atoms with Gasteiger partial charge in [-0.2, -0.15) is 9.97 Å². The molecule has 3 atom stereocenters. The van der Waals surface area contributed by atoms with Crippen LogP contribution in [0, 0.1) is 18.6 Å². The number of methoxy groups -OCH3 is 1. The highest BCUT2D eigenvalue weighted by Gasteiger charge is 2.46. The summed E-state index contributed by atoms with van der Waals surface area (Å²) in [6.45, 7) is 15.4. The van der Waals surface area contributed by atoms with Crippen LogP contribution < -0.4 is 15.0 Å². The molecule has 7 heterocycles. The van der Waals surface area contributed by atoms with E-state index >= 15 is 4.39 Å². The summed E-state index contributed by atoms with van der Waals surface area (Å²) >= 11 is 0. The van der Waals surface area contributed by atoms with Crippen LogP contribution in [0.1, 0.15) is 90.8 Å². The van der Waals surface area contributed by atoms with Gasteiger partial charge in [0.1, 0.15) is 29.5 Å². The Morgan fingerprint density at radius 3 is 2.43 bits per heavy atom. The Balaban J connectivity index is 0.000000464. The number of piperazine rings is 1. The Hall–Kier alpha value is -3.47. The number of rotatable bonds is 4. The Morgan fingerprint density at radius 2 is 1.71 bits per heavy atom. The first kappa shape index (κ1) is 35.9. The van der Waals surface area contributed by atoms with Gasteiger partial charge in [-0.3, -0.25) is 4.90 Å². The maximum absolute atomic E-state index is 17.0. The second-order valence-corrected chi connectivity index (χ2v) is 15.7. The summed E-state index contributed by atoms with van der Waals surface area (Å²) < 4.78 is 43.1. The van der Waals surface area contributed by atoms with E-state index in [4.69, 9.17) is 24.4 Å². The molecule has 0 spiro atoms. The van der Waals surface area contributed by atoms with Crippen molar-refractivity contribution >= 4 is 27.5 Å². The van der Waals surface area contributed by atoms with Crippen LogP contribution in [0.4, 0.5) is 14.6 Å². The van der Waals surface area contributed by atoms with Gasteiger partial charge in [0.2, 0.25) is 0 Å². The third-order valence-electron chi connectivity index (χ3n) is 11.7. The fourth-order valence-corrected chi connectivity index (χ4v) is 9.00. The summed E-state index contributed by atoms with van der Waals surface area (Å²) in [7, 11) is 1.71. The van der Waals surface area contributed by atoms with Gasteiger partial charge in [0.05, 0.1) is 22.2 Å². The molecule has 5 aliphatic heterocycles. The summed E-state index contributed by atoms with van der Waals surface area (Å²) in [6.07, 6.45) is 8.44. The van der Waals surface area contributed by atoms with Gasteiger partial charge in [-0.05, 0) is 115 Å². The molecule has 0 amide bonds. The van der Waals surface area contributed by atoms with Gasteiger partial charge in [0.25, 0.3) is 0 Å². The lowest BCUT2D eigenvalue weighted by atomic mass is 9.95. The number of aromatic nitrogens is 3. The van der Waals surface area contributed by atoms with E-state index in [-0.39, 0.29) is 40.2 Å². The van der Waals surface area contributed by atoms with Crippen LogP contribution in [-0.4, -0.2) is 82.5 Å². The minimum atomic E-state index is -0.499. The number of fused-ring (bicyclic) bond motifs is 7. The van der Waals surface area contributed by atoms with Crippen LogP contribution in [-0.2, 0) is 11.2 Å². The number of benzene rings is 2. The Bertz CT molecular complexity index is 1900. The predicted molar refractivity (Wildman–Crippen MR) is 201 cm³/mol. The van der Waals surface area contributed by atoms with Crippen LogP contribution in [0.15, 0.2) is 30.3 Å². The van der Waals surface area contributed by atoms with Gasteiger partial charge in [-0.15, -0.1) is 0 Å². The van der Waals surface area contributed by atoms with Crippen molar-refractivity contribution in [2.45, 2.75) is 122 Å². The second kappa shape index (κ2) is 14.2. The molecule has 0 aliphatic carbocycles. The van der Waals surface area contributed by atoms with Gasteiger partial charge in [0, 0.05) is 37.3 Å². The van der Waals surface area contributed by atoms with Crippen molar-refractivity contribution in [3.8, 4) is 17.3 Å². The van der Waals surface area contributed by atoms with E-state index in [2.05, 4.69) is 15.1 Å². The van der Waals surface area contributed by atoms with E-state index < -0.39 is 5.82 Å². The van der Waals surface area contributed by atoms with E-state index in [9.17, 15) is 4.39 Å². The molecule has 2 aromatic heterocycles. The van der Waals surface area contributed by atoms with Crippen molar-refractivity contribution in [2.24, 2.45) is 0 Å². The van der Waals surface area contributed by atoms with E-state index in [1.165, 1.54) is 18.9 Å². The van der Waals surface area contributed by atoms with Crippen molar-refractivity contribution in [1.29, 1.82) is 0 Å². The van der Waals surface area contributed by atoms with E-state index in [1.54, 1.807) is 20.1 Å². The number of nitrogens with zero attached hydrogens (tertiary/aromatic N) is 5. The number of hydrogen-bond donors (Lipinski definition) is 1. The molecule has 5 aliphatic rings. The highest BCUT2D eigenvalue weighted by atomic mass is 19.1. The minimum absolute atomic E-state index is 0.0286. The van der Waals surface area contributed by atoms with Crippen LogP contribution in [0.25, 0.3) is 32.9 Å². The topological polar surface area (TPSA) is 75.6 Å². The number of aryl methyl sites for hydroxylation is 2. The number of halogens is 2. The van der Waals surface area contributed by atoms with Crippen LogP contribution in [0.3, 0.4) is 0 Å². The summed E-state index contributed by atoms with van der Waals surface area (Å²) in [5, 5.41) is 6.04. The normalized spacial score (nSPS) is 23.2. The lowest BCUT2D eigenvalue weighted by molar-refractivity contribution is 0.0397. The number of hydrogen-bond acceptors (Lipinski definition) is 8. The van der Waals surface area contributed by atoms with Crippen molar-refractivity contribution in [1.82, 2.24) is 25.2 Å². The predicted octanol–water partition coefficient (Wildman–Crippen LogP) is 8.15. The quantitative estimate of drug-likeness (QED) is 0.229. The van der Waals surface area contributed by atoms with E-state index in [0.29, 0.717) is 47.0 Å². The molecule has 0 saturated carbocycles. The van der Waals surface area contributed by atoms with Crippen LogP contribution >= 0.6 is 0 Å². The van der Waals surface area contributed by atoms with Gasteiger partial charge in [-0.1, -0.05) is 38.1 Å². The highest BCUT2D eigenvalue weighted by Crippen LogP contribution is 2.44.